The minimum absolute atomic E-state index is 0.303. The lowest BCUT2D eigenvalue weighted by atomic mass is 9.75. The summed E-state index contributed by atoms with van der Waals surface area (Å²) in [6, 6.07) is 80.0. The number of ether oxygens (including phenoxy) is 8. The monoisotopic (exact) mass is 1430 g/mol. The van der Waals surface area contributed by atoms with Crippen molar-refractivity contribution >= 4 is 25.1 Å². The summed E-state index contributed by atoms with van der Waals surface area (Å²) in [4.78, 5) is 52.8. The van der Waals surface area contributed by atoms with E-state index in [2.05, 4.69) is 94.1 Å². The van der Waals surface area contributed by atoms with E-state index < -0.39 is 23.7 Å². The standard InChI is InChI=1S/C92H76N4O12/c97-49-61-25-13-29-65(33-61)81-85-69-37-71-78(46-94-42-58-19-7-2-8-20-58)73-39-75-80(48-96-44-60-23-11-4-12-24-60)76-40-74-79(47-95-43-59-21-9-3-10-22-59)72-38-70(77(69)45-93-41-57-17-5-1-6-18-57)86(102-53-101-85)82(66-30-14-26-62(34-66)50-98)88(72)104-55-106-90(74)84(68-32-16-28-64(36-68)52-100)92(76)108-56-107-91(75)83(89(73)105-54-103-87(71)81)67-31-15-27-63(35-67)51-99/h1-40,49-52,77-80,93-96H,41-48,53-56H2. The van der Waals surface area contributed by atoms with Crippen LogP contribution < -0.4 is 59.2 Å². The molecule has 0 unspecified atom stereocenters. The Hall–Kier alpha value is -12.4. The van der Waals surface area contributed by atoms with Crippen molar-refractivity contribution in [3.05, 3.63) is 332 Å². The maximum absolute atomic E-state index is 13.2. The van der Waals surface area contributed by atoms with E-state index in [9.17, 15) is 19.2 Å². The summed E-state index contributed by atoms with van der Waals surface area (Å²) in [7, 11) is 0. The number of carbonyl (C=O) groups excluding carboxylic acids is 4. The predicted octanol–water partition coefficient (Wildman–Crippen LogP) is 16.5. The molecule has 17 rings (SSSR count). The van der Waals surface area contributed by atoms with Gasteiger partial charge < -0.3 is 59.2 Å². The van der Waals surface area contributed by atoms with Crippen LogP contribution in [0.3, 0.4) is 0 Å². The summed E-state index contributed by atoms with van der Waals surface area (Å²) in [5, 5.41) is 15.8. The van der Waals surface area contributed by atoms with Crippen LogP contribution >= 0.6 is 0 Å². The van der Waals surface area contributed by atoms with Gasteiger partial charge in [-0.25, -0.2) is 0 Å². The van der Waals surface area contributed by atoms with Gasteiger partial charge in [0.25, 0.3) is 0 Å². The Balaban J connectivity index is 1.06. The zero-order valence-electron chi connectivity index (χ0n) is 59.1. The van der Waals surface area contributed by atoms with Crippen molar-refractivity contribution < 1.29 is 57.1 Å². The van der Waals surface area contributed by atoms with E-state index in [1.807, 2.05) is 146 Å². The second-order valence-corrected chi connectivity index (χ2v) is 27.6. The molecule has 4 aliphatic heterocycles. The molecule has 0 atom stereocenters. The molecule has 0 radical (unpaired) electrons. The molecule has 536 valence electrons. The molecule has 108 heavy (non-hydrogen) atoms. The maximum Gasteiger partial charge on any atom is 0.230 e. The minimum atomic E-state index is -0.659. The van der Waals surface area contributed by atoms with E-state index in [1.54, 1.807) is 24.3 Å². The number of aldehydes is 4. The van der Waals surface area contributed by atoms with Crippen LogP contribution in [0.25, 0.3) is 44.5 Å². The quantitative estimate of drug-likeness (QED) is 0.0418. The van der Waals surface area contributed by atoms with E-state index in [0.717, 1.165) is 91.9 Å². The Labute approximate surface area is 625 Å². The molecule has 5 aliphatic rings. The van der Waals surface area contributed by atoms with Gasteiger partial charge in [-0.3, -0.25) is 19.2 Å². The van der Waals surface area contributed by atoms with Crippen LogP contribution in [0.4, 0.5) is 0 Å². The van der Waals surface area contributed by atoms with Gasteiger partial charge in [0.15, 0.2) is 0 Å². The summed E-state index contributed by atoms with van der Waals surface area (Å²) in [6.07, 6.45) is 3.37. The Morgan fingerprint density at radius 1 is 0.241 bits per heavy atom. The number of hydrogen-bond acceptors (Lipinski definition) is 16. The largest absolute Gasteiger partial charge is 0.456 e. The van der Waals surface area contributed by atoms with E-state index in [-0.39, 0.29) is 27.2 Å². The molecule has 4 heterocycles. The van der Waals surface area contributed by atoms with Gasteiger partial charge in [0.2, 0.25) is 27.2 Å². The van der Waals surface area contributed by atoms with E-state index in [1.165, 1.54) is 0 Å². The second kappa shape index (κ2) is 30.9. The van der Waals surface area contributed by atoms with Crippen molar-refractivity contribution in [3.63, 3.8) is 0 Å². The molecule has 12 aromatic rings. The lowest BCUT2D eigenvalue weighted by Gasteiger charge is -2.38. The number of hydrogen-bond donors (Lipinski definition) is 4. The third-order valence-corrected chi connectivity index (χ3v) is 21.1. The summed E-state index contributed by atoms with van der Waals surface area (Å²) < 4.78 is 58.8. The lowest BCUT2D eigenvalue weighted by molar-refractivity contribution is 0.101. The molecule has 4 N–H and O–H groups in total. The SMILES string of the molecule is O=Cc1cccc(-c2c3c4cc5c2OCOc2c(cc6c(c2-c2cccc(C=O)c2)OCOc2c(cc7c(c2-c2cccc(C=O)c2)OCOc2c(cc(c(c2-c2cccc(C=O)c2)OCO3)C4CNCc2ccccc2)C7CNCc2ccccc2)C6CNCc2ccccc2)C5CNCc2ccccc2)c1. The molecule has 0 aromatic heterocycles. The van der Waals surface area contributed by atoms with Crippen LogP contribution in [-0.2, 0) is 26.2 Å². The van der Waals surface area contributed by atoms with Gasteiger partial charge in [-0.15, -0.1) is 0 Å². The molecule has 1 aliphatic carbocycles. The maximum atomic E-state index is 13.2. The third kappa shape index (κ3) is 13.5. The first kappa shape index (κ1) is 68.7. The van der Waals surface area contributed by atoms with Gasteiger partial charge in [-0.2, -0.15) is 0 Å². The fourth-order valence-electron chi connectivity index (χ4n) is 16.2. The molecule has 16 bridgehead atoms. The molecular weight excluding hydrogens is 1350 g/mol. The summed E-state index contributed by atoms with van der Waals surface area (Å²) in [5.41, 5.74) is 17.1. The van der Waals surface area contributed by atoms with Gasteiger partial charge in [-0.1, -0.05) is 194 Å². The van der Waals surface area contributed by atoms with Crippen molar-refractivity contribution in [1.82, 2.24) is 21.3 Å². The zero-order chi connectivity index (χ0) is 72.9. The molecule has 12 aromatic carbocycles. The van der Waals surface area contributed by atoms with Crippen LogP contribution in [0.5, 0.6) is 46.0 Å². The molecule has 0 spiro atoms. The van der Waals surface area contributed by atoms with Crippen molar-refractivity contribution in [1.29, 1.82) is 0 Å². The van der Waals surface area contributed by atoms with E-state index in [4.69, 9.17) is 37.9 Å². The van der Waals surface area contributed by atoms with Gasteiger partial charge in [0, 0.05) is 143 Å². The van der Waals surface area contributed by atoms with Gasteiger partial charge in [-0.05, 0) is 93.0 Å². The Morgan fingerprint density at radius 2 is 0.435 bits per heavy atom. The summed E-state index contributed by atoms with van der Waals surface area (Å²) >= 11 is 0. The highest BCUT2D eigenvalue weighted by atomic mass is 16.7. The van der Waals surface area contributed by atoms with Crippen molar-refractivity contribution in [2.24, 2.45) is 0 Å². The van der Waals surface area contributed by atoms with Crippen molar-refractivity contribution in [3.8, 4) is 90.5 Å². The Morgan fingerprint density at radius 3 is 0.620 bits per heavy atom. The van der Waals surface area contributed by atoms with Crippen LogP contribution in [0, 0.1) is 0 Å². The van der Waals surface area contributed by atoms with Crippen LogP contribution in [0.15, 0.2) is 243 Å². The van der Waals surface area contributed by atoms with Crippen molar-refractivity contribution in [2.45, 2.75) is 49.9 Å². The smallest absolute Gasteiger partial charge is 0.230 e. The second-order valence-electron chi connectivity index (χ2n) is 27.6. The molecule has 0 fully saturated rings. The van der Waals surface area contributed by atoms with E-state index in [0.29, 0.717) is 165 Å². The van der Waals surface area contributed by atoms with Gasteiger partial charge >= 0.3 is 0 Å². The first-order valence-corrected chi connectivity index (χ1v) is 36.5. The zero-order valence-corrected chi connectivity index (χ0v) is 59.1. The molecule has 0 saturated carbocycles. The number of rotatable bonds is 24. The van der Waals surface area contributed by atoms with Crippen LogP contribution in [0.1, 0.15) is 132 Å². The van der Waals surface area contributed by atoms with Crippen molar-refractivity contribution in [2.75, 3.05) is 53.4 Å². The topological polar surface area (TPSA) is 190 Å². The molecule has 0 amide bonds. The number of carbonyl (C=O) groups is 4. The fourth-order valence-corrected chi connectivity index (χ4v) is 16.2. The number of benzene rings is 12. The van der Waals surface area contributed by atoms with Crippen LogP contribution in [-0.4, -0.2) is 78.5 Å². The molecular formula is C92H76N4O12. The van der Waals surface area contributed by atoms with Crippen LogP contribution in [0.2, 0.25) is 0 Å². The average Bonchev–Trinajstić information content (AvgIpc) is 0.720. The highest BCUT2D eigenvalue weighted by Gasteiger charge is 2.43. The molecule has 16 nitrogen and oxygen atoms in total. The Kier molecular flexibility index (Phi) is 19.7. The average molecular weight is 1430 g/mol. The summed E-state index contributed by atoms with van der Waals surface area (Å²) in [6.45, 7) is 1.83. The molecule has 0 saturated heterocycles. The highest BCUT2D eigenvalue weighted by molar-refractivity contribution is 5.92. The first-order chi connectivity index (χ1) is 53.4. The third-order valence-electron chi connectivity index (χ3n) is 21.1. The predicted molar refractivity (Wildman–Crippen MR) is 414 cm³/mol. The highest BCUT2D eigenvalue weighted by Crippen LogP contribution is 2.61. The fraction of sp³-hybridized carbons (Fsp3) is 0.174. The summed E-state index contributed by atoms with van der Waals surface area (Å²) in [5.74, 6) is 1.04. The van der Waals surface area contributed by atoms with E-state index >= 15 is 0 Å². The first-order valence-electron chi connectivity index (χ1n) is 36.5. The number of nitrogens with one attached hydrogen (secondary N) is 4. The minimum Gasteiger partial charge on any atom is -0.456 e. The van der Waals surface area contributed by atoms with Gasteiger partial charge in [0.05, 0.1) is 22.3 Å². The normalized spacial score (nSPS) is 16.1. The molecule has 16 heteroatoms. The lowest BCUT2D eigenvalue weighted by Crippen LogP contribution is -2.30. The van der Waals surface area contributed by atoms with Gasteiger partial charge in [0.1, 0.15) is 71.1 Å². The Bertz CT molecular complexity index is 4600.